The third-order valence-corrected chi connectivity index (χ3v) is 6.78. The number of hydrogen-bond donors (Lipinski definition) is 0. The van der Waals surface area contributed by atoms with Gasteiger partial charge in [-0.15, -0.1) is 5.06 Å². The van der Waals surface area contributed by atoms with Crippen molar-refractivity contribution in [1.82, 2.24) is 15.0 Å². The van der Waals surface area contributed by atoms with Gasteiger partial charge in [-0.3, -0.25) is 9.59 Å². The molecular weight excluding hydrogens is 598 g/mol. The number of aromatic nitrogens is 3. The number of carbonyl (C=O) groups is 2. The second kappa shape index (κ2) is 13.8. The second-order valence-electron chi connectivity index (χ2n) is 9.74. The summed E-state index contributed by atoms with van der Waals surface area (Å²) in [5.74, 6) is -1.49. The molecule has 0 bridgehead atoms. The Morgan fingerprint density at radius 2 is 1.26 bits per heavy atom. The molecule has 0 atom stereocenters. The highest BCUT2D eigenvalue weighted by Crippen LogP contribution is 2.41. The fourth-order valence-electron chi connectivity index (χ4n) is 4.73. The Morgan fingerprint density at radius 3 is 1.85 bits per heavy atom. The lowest BCUT2D eigenvalue weighted by Gasteiger charge is -2.31. The van der Waals surface area contributed by atoms with Gasteiger partial charge in [0, 0.05) is 46.5 Å². The van der Waals surface area contributed by atoms with Crippen molar-refractivity contribution < 1.29 is 19.5 Å². The van der Waals surface area contributed by atoms with E-state index in [9.17, 15) is 19.7 Å². The van der Waals surface area contributed by atoms with Crippen LogP contribution in [0.1, 0.15) is 20.7 Å². The maximum atomic E-state index is 14.4. The molecule has 0 fully saturated rings. The summed E-state index contributed by atoms with van der Waals surface area (Å²) < 4.78 is 0. The minimum Gasteiger partial charge on any atom is -0.329 e. The molecule has 0 aliphatic rings. The number of hydrogen-bond acceptors (Lipinski definition) is 8. The van der Waals surface area contributed by atoms with Crippen LogP contribution in [0, 0.1) is 16.2 Å². The van der Waals surface area contributed by atoms with E-state index in [2.05, 4.69) is 21.0 Å². The Hall–Kier alpha value is -6.95. The molecule has 0 N–H and O–H groups in total. The van der Waals surface area contributed by atoms with E-state index in [0.29, 0.717) is 10.7 Å². The summed E-state index contributed by atoms with van der Waals surface area (Å²) in [6.45, 7) is 0. The van der Waals surface area contributed by atoms with Crippen LogP contribution in [-0.4, -0.2) is 31.8 Å². The summed E-state index contributed by atoms with van der Waals surface area (Å²) in [7, 11) is 0. The number of carbonyl (C=O) groups excluding carboxylic acids is 2. The van der Waals surface area contributed by atoms with Gasteiger partial charge in [0.25, 0.3) is 11.8 Å². The maximum Gasteiger partial charge on any atom is 0.343 e. The van der Waals surface area contributed by atoms with Gasteiger partial charge in [0.05, 0.1) is 5.69 Å². The molecule has 47 heavy (non-hydrogen) atoms. The fraction of sp³-hybridized carbons (Fsp3) is 0. The van der Waals surface area contributed by atoms with Crippen molar-refractivity contribution in [3.05, 3.63) is 173 Å². The Kier molecular flexibility index (Phi) is 8.82. The quantitative estimate of drug-likeness (QED) is 0.128. The van der Waals surface area contributed by atoms with Gasteiger partial charge in [0.15, 0.2) is 5.03 Å². The number of nitro groups is 1. The number of hydroxylamine groups is 1. The van der Waals surface area contributed by atoms with Crippen LogP contribution in [0.15, 0.2) is 146 Å². The summed E-state index contributed by atoms with van der Waals surface area (Å²) in [5.41, 5.74) is 1.19. The first kappa shape index (κ1) is 30.1. The monoisotopic (exact) mass is 622 g/mol. The minimum absolute atomic E-state index is 0.0320. The number of rotatable bonds is 10. The molecule has 0 unspecified atom stereocenters. The van der Waals surface area contributed by atoms with Crippen molar-refractivity contribution in [3.8, 4) is 17.1 Å². The van der Waals surface area contributed by atoms with Gasteiger partial charge in [0.1, 0.15) is 5.69 Å². The van der Waals surface area contributed by atoms with E-state index >= 15 is 0 Å². The molecule has 6 rings (SSSR count). The second-order valence-corrected chi connectivity index (χ2v) is 9.74. The Morgan fingerprint density at radius 1 is 0.681 bits per heavy atom. The van der Waals surface area contributed by atoms with Crippen molar-refractivity contribution in [3.63, 3.8) is 0 Å². The summed E-state index contributed by atoms with van der Waals surface area (Å²) in [5, 5.41) is 14.5. The van der Waals surface area contributed by atoms with E-state index in [1.54, 1.807) is 109 Å². The molecule has 1 radical (unpaired) electrons. The van der Waals surface area contributed by atoms with Crippen LogP contribution in [0.5, 0.6) is 6.01 Å². The normalized spacial score (nSPS) is 10.5. The third-order valence-electron chi connectivity index (χ3n) is 6.78. The fourth-order valence-corrected chi connectivity index (χ4v) is 4.73. The predicted molar refractivity (Wildman–Crippen MR) is 174 cm³/mol. The van der Waals surface area contributed by atoms with Crippen molar-refractivity contribution in [1.29, 1.82) is 0 Å². The molecule has 12 heteroatoms. The molecule has 2 amide bonds. The number of pyridine rings is 1. The van der Waals surface area contributed by atoms with Gasteiger partial charge in [0.2, 0.25) is 5.82 Å². The van der Waals surface area contributed by atoms with E-state index in [1.165, 1.54) is 36.8 Å². The predicted octanol–water partition coefficient (Wildman–Crippen LogP) is 6.24. The molecule has 0 aliphatic carbocycles. The van der Waals surface area contributed by atoms with E-state index in [0.717, 1.165) is 10.1 Å². The molecule has 0 spiro atoms. The Labute approximate surface area is 268 Å². The number of benzene rings is 4. The van der Waals surface area contributed by atoms with E-state index in [1.807, 2.05) is 0 Å². The van der Waals surface area contributed by atoms with Crippen LogP contribution >= 0.6 is 0 Å². The lowest BCUT2D eigenvalue weighted by atomic mass is 10.00. The van der Waals surface area contributed by atoms with E-state index < -0.39 is 16.8 Å². The first-order valence-corrected chi connectivity index (χ1v) is 14.2. The van der Waals surface area contributed by atoms with Crippen LogP contribution in [0.3, 0.4) is 0 Å². The molecule has 4 aromatic carbocycles. The Balaban J connectivity index is 1.64. The highest BCUT2D eigenvalue weighted by Gasteiger charge is 2.38. The average molecular weight is 623 g/mol. The van der Waals surface area contributed by atoms with E-state index in [4.69, 9.17) is 4.84 Å². The van der Waals surface area contributed by atoms with Gasteiger partial charge in [-0.05, 0) is 60.2 Å². The number of amides is 2. The van der Waals surface area contributed by atoms with Crippen molar-refractivity contribution in [2.45, 2.75) is 0 Å². The highest BCUT2D eigenvalue weighted by molar-refractivity contribution is 6.12. The maximum absolute atomic E-state index is 14.4. The van der Waals surface area contributed by atoms with Crippen LogP contribution in [-0.2, 0) is 0 Å². The lowest BCUT2D eigenvalue weighted by molar-refractivity contribution is -0.495. The van der Waals surface area contributed by atoms with Crippen LogP contribution < -0.4 is 20.0 Å². The van der Waals surface area contributed by atoms with Crippen LogP contribution in [0.4, 0.5) is 17.2 Å². The van der Waals surface area contributed by atoms with E-state index in [-0.39, 0.29) is 39.9 Å². The average Bonchev–Trinajstić information content (AvgIpc) is 3.13. The van der Waals surface area contributed by atoms with Gasteiger partial charge in [-0.25, -0.2) is 25.1 Å². The molecule has 0 saturated carbocycles. The standard InChI is InChI=1S/C35H24N7O5/c43-33(27-16-6-2-7-17-27)39(41(42(45)46)31-22-10-11-23-36-31)29-20-12-21-30(32(29)26-14-4-1-5-15-26)40(47-35-37-24-13-25-38-35)34(44)28-18-8-3-9-19-28/h1-20,22-25H. The smallest absolute Gasteiger partial charge is 0.329 e. The van der Waals surface area contributed by atoms with Gasteiger partial charge in [-0.2, -0.15) is 5.01 Å². The SMILES string of the molecule is O=C(c1ccccc1)N(Oc1ncccn1)c1[c]ccc(N(C(=O)c2ccccc2)N(c2ccccn2)[N+](=O)[O-])c1-c1ccccc1. The number of hydrazine groups is 2. The molecule has 6 aromatic rings. The summed E-state index contributed by atoms with van der Waals surface area (Å²) >= 11 is 0. The van der Waals surface area contributed by atoms with Crippen molar-refractivity contribution in [2.24, 2.45) is 0 Å². The highest BCUT2D eigenvalue weighted by atomic mass is 16.7. The summed E-state index contributed by atoms with van der Waals surface area (Å²) in [6.07, 6.45) is 4.29. The zero-order valence-corrected chi connectivity index (χ0v) is 24.5. The molecule has 12 nitrogen and oxygen atoms in total. The van der Waals surface area contributed by atoms with Gasteiger partial charge < -0.3 is 4.84 Å². The first-order chi connectivity index (χ1) is 23.0. The molecule has 229 valence electrons. The first-order valence-electron chi connectivity index (χ1n) is 14.2. The molecule has 0 saturated heterocycles. The Bertz CT molecular complexity index is 1990. The number of anilines is 3. The number of nitrogens with zero attached hydrogens (tertiary/aromatic N) is 7. The van der Waals surface area contributed by atoms with Crippen LogP contribution in [0.25, 0.3) is 11.1 Å². The van der Waals surface area contributed by atoms with Gasteiger partial charge >= 0.3 is 6.01 Å². The van der Waals surface area contributed by atoms with Crippen molar-refractivity contribution >= 4 is 29.0 Å². The minimum atomic E-state index is -0.741. The largest absolute Gasteiger partial charge is 0.343 e. The zero-order chi connectivity index (χ0) is 32.6. The van der Waals surface area contributed by atoms with Crippen molar-refractivity contribution in [2.75, 3.05) is 15.2 Å². The zero-order valence-electron chi connectivity index (χ0n) is 24.5. The topological polar surface area (TPSA) is 135 Å². The summed E-state index contributed by atoms with van der Waals surface area (Å²) in [6, 6.07) is 37.3. The lowest BCUT2D eigenvalue weighted by Crippen LogP contribution is -2.51. The molecule has 0 aliphatic heterocycles. The molecular formula is C35H24N7O5. The van der Waals surface area contributed by atoms with Crippen LogP contribution in [0.2, 0.25) is 0 Å². The summed E-state index contributed by atoms with van der Waals surface area (Å²) in [4.78, 5) is 59.8. The molecule has 2 heterocycles. The van der Waals surface area contributed by atoms with Gasteiger partial charge in [-0.1, -0.05) is 72.8 Å². The molecule has 2 aromatic heterocycles. The third kappa shape index (κ3) is 6.47.